The molecule has 0 atom stereocenters. The van der Waals surface area contributed by atoms with E-state index in [1.165, 1.54) is 118 Å². The molecule has 0 radical (unpaired) electrons. The molecule has 15 aromatic carbocycles. The number of rotatable bonds is 10. The Balaban J connectivity index is 0.948. The van der Waals surface area contributed by atoms with Crippen LogP contribution in [0.3, 0.4) is 0 Å². The zero-order valence-electron chi connectivity index (χ0n) is 51.1. The first-order chi connectivity index (χ1) is 46.7. The summed E-state index contributed by atoms with van der Waals surface area (Å²) in [5, 5.41) is 4.96. The quantitative estimate of drug-likeness (QED) is 0.0997. The van der Waals surface area contributed by atoms with Crippen LogP contribution in [0.2, 0.25) is 0 Å². The first-order valence-electron chi connectivity index (χ1n) is 32.3. The van der Waals surface area contributed by atoms with Gasteiger partial charge in [0.2, 0.25) is 0 Å². The summed E-state index contributed by atoms with van der Waals surface area (Å²) in [6.07, 6.45) is 0. The summed E-state index contributed by atoms with van der Waals surface area (Å²) in [5.74, 6) is 0. The van der Waals surface area contributed by atoms with Gasteiger partial charge in [-0.2, -0.15) is 0 Å². The van der Waals surface area contributed by atoms with E-state index in [0.717, 1.165) is 45.5 Å². The van der Waals surface area contributed by atoms with Gasteiger partial charge in [0.25, 0.3) is 0 Å². The number of hydrogen-bond donors (Lipinski definition) is 0. The first-order valence-corrected chi connectivity index (χ1v) is 34.8. The third-order valence-corrected chi connectivity index (χ3v) is 23.1. The molecule has 0 aliphatic carbocycles. The maximum atomic E-state index is 2.72. The van der Waals surface area contributed by atoms with Gasteiger partial charge in [0.1, 0.15) is 0 Å². The molecule has 4 aliphatic rings. The summed E-state index contributed by atoms with van der Waals surface area (Å²) in [4.78, 5) is 12.6. The molecule has 4 nitrogen and oxygen atoms in total. The topological polar surface area (TPSA) is 13.0 Å². The van der Waals surface area contributed by atoms with Crippen LogP contribution in [-0.2, 0) is 0 Å². The van der Waals surface area contributed by atoms with E-state index in [1.54, 1.807) is 0 Å². The average molecular weight is 1280 g/mol. The molecule has 0 N–H and O–H groups in total. The number of nitrogens with zero attached hydrogens (tertiary/aromatic N) is 4. The molecule has 0 saturated carbocycles. The van der Waals surface area contributed by atoms with Crippen LogP contribution >= 0.6 is 11.8 Å². The van der Waals surface area contributed by atoms with Crippen molar-refractivity contribution in [3.05, 3.63) is 340 Å². The Kier molecular flexibility index (Phi) is 13.0. The van der Waals surface area contributed by atoms with Crippen LogP contribution in [0.15, 0.2) is 350 Å². The van der Waals surface area contributed by atoms with Gasteiger partial charge in [0, 0.05) is 0 Å². The zero-order chi connectivity index (χ0) is 61.8. The zero-order valence-corrected chi connectivity index (χ0v) is 53.6. The van der Waals surface area contributed by atoms with E-state index in [4.69, 9.17) is 0 Å². The maximum absolute atomic E-state index is 2.72. The SMILES string of the molecule is c1ccc(N(c2ccccc2)c2cc3c4c(c2)N(c2ccccc2)c2ccccc2B4c2cc4c(c(-c5ccccc5-c5c6ccccc6cc6ccccc56)c2S3)[Se]c2cc(N(c3ccccc3)c3ccccc3)cc3c2B4c2ccccc2N3c2ccccc2)cc1. The van der Waals surface area contributed by atoms with Crippen molar-refractivity contribution in [3.63, 3.8) is 0 Å². The predicted molar refractivity (Wildman–Crippen MR) is 402 cm³/mol. The van der Waals surface area contributed by atoms with Gasteiger partial charge in [-0.05, 0) is 0 Å². The molecule has 0 aromatic heterocycles. The van der Waals surface area contributed by atoms with E-state index in [-0.39, 0.29) is 28.4 Å². The Morgan fingerprint density at radius 2 is 0.702 bits per heavy atom. The molecule has 4 aliphatic heterocycles. The van der Waals surface area contributed by atoms with E-state index in [9.17, 15) is 0 Å². The Hall–Kier alpha value is -11.0. The molecular weight excluding hydrogens is 1220 g/mol. The number of fused-ring (bicyclic) bond motifs is 10. The van der Waals surface area contributed by atoms with Crippen molar-refractivity contribution >= 4 is 172 Å². The molecule has 4 heterocycles. The molecule has 0 fully saturated rings. The van der Waals surface area contributed by atoms with Crippen LogP contribution < -0.4 is 61.3 Å². The first kappa shape index (κ1) is 54.7. The third-order valence-electron chi connectivity index (χ3n) is 19.4. The van der Waals surface area contributed by atoms with Crippen LogP contribution in [0, 0.1) is 0 Å². The Labute approximate surface area is 559 Å². The molecule has 0 spiro atoms. The van der Waals surface area contributed by atoms with Crippen molar-refractivity contribution in [2.24, 2.45) is 0 Å². The molecule has 438 valence electrons. The van der Waals surface area contributed by atoms with Gasteiger partial charge < -0.3 is 0 Å². The van der Waals surface area contributed by atoms with Crippen LogP contribution in [-0.4, -0.2) is 28.4 Å². The molecule has 94 heavy (non-hydrogen) atoms. The molecule has 15 aromatic rings. The number of benzene rings is 15. The van der Waals surface area contributed by atoms with Crippen molar-refractivity contribution < 1.29 is 0 Å². The Morgan fingerprint density at radius 1 is 0.298 bits per heavy atom. The van der Waals surface area contributed by atoms with Crippen molar-refractivity contribution in [3.8, 4) is 22.3 Å². The summed E-state index contributed by atoms with van der Waals surface area (Å²) in [6.45, 7) is -0.223. The van der Waals surface area contributed by atoms with Crippen molar-refractivity contribution in [2.75, 3.05) is 19.6 Å². The predicted octanol–water partition coefficient (Wildman–Crippen LogP) is 17.3. The third kappa shape index (κ3) is 8.71. The molecule has 8 heteroatoms. The van der Waals surface area contributed by atoms with Crippen LogP contribution in [0.1, 0.15) is 0 Å². The van der Waals surface area contributed by atoms with Crippen LogP contribution in [0.5, 0.6) is 0 Å². The normalized spacial score (nSPS) is 12.9. The molecular formula is C86H56B2N4SSe. The van der Waals surface area contributed by atoms with Gasteiger partial charge in [0.15, 0.2) is 0 Å². The van der Waals surface area contributed by atoms with Gasteiger partial charge in [-0.15, -0.1) is 0 Å². The van der Waals surface area contributed by atoms with Crippen LogP contribution in [0.25, 0.3) is 43.8 Å². The molecule has 0 saturated heterocycles. The van der Waals surface area contributed by atoms with E-state index in [2.05, 4.69) is 359 Å². The van der Waals surface area contributed by atoms with Gasteiger partial charge in [-0.3, -0.25) is 0 Å². The number of anilines is 12. The second kappa shape index (κ2) is 22.4. The average Bonchev–Trinajstić information content (AvgIpc) is 0.689. The van der Waals surface area contributed by atoms with Gasteiger partial charge in [-0.1, -0.05) is 0 Å². The summed E-state index contributed by atoms with van der Waals surface area (Å²) in [6, 6.07) is 127. The minimum atomic E-state index is -0.238. The molecule has 0 amide bonds. The summed E-state index contributed by atoms with van der Waals surface area (Å²) < 4.78 is 2.81. The molecule has 0 unspecified atom stereocenters. The van der Waals surface area contributed by atoms with E-state index in [0.29, 0.717) is 0 Å². The van der Waals surface area contributed by atoms with Crippen molar-refractivity contribution in [2.45, 2.75) is 9.79 Å². The second-order valence-corrected chi connectivity index (χ2v) is 27.9. The Morgan fingerprint density at radius 3 is 1.21 bits per heavy atom. The van der Waals surface area contributed by atoms with E-state index < -0.39 is 0 Å². The van der Waals surface area contributed by atoms with Gasteiger partial charge in [-0.25, -0.2) is 0 Å². The van der Waals surface area contributed by atoms with Crippen molar-refractivity contribution in [1.82, 2.24) is 0 Å². The summed E-state index contributed by atoms with van der Waals surface area (Å²) in [5.41, 5.74) is 26.8. The van der Waals surface area contributed by atoms with Gasteiger partial charge in [0.05, 0.1) is 0 Å². The summed E-state index contributed by atoms with van der Waals surface area (Å²) in [7, 11) is 0. The van der Waals surface area contributed by atoms with Crippen LogP contribution in [0.4, 0.5) is 68.2 Å². The summed E-state index contributed by atoms with van der Waals surface area (Å²) >= 11 is 1.74. The van der Waals surface area contributed by atoms with E-state index in [1.807, 2.05) is 11.8 Å². The molecule has 19 rings (SSSR count). The fourth-order valence-corrected chi connectivity index (χ4v) is 19.9. The number of para-hydroxylation sites is 8. The minimum absolute atomic E-state index is 0.101. The van der Waals surface area contributed by atoms with E-state index >= 15 is 0 Å². The van der Waals surface area contributed by atoms with Gasteiger partial charge >= 0.3 is 563 Å². The Bertz CT molecular complexity index is 5100. The standard InChI is InChI=1S/C86H56B2N4SSe/c1-7-31-59(32-8-1)89(60-33-9-2-10-34-60)65-52-77-83-79(54-65)93-85-73(87(83)71-47-25-27-49-75(71)91(77)63-39-15-5-16-40-63)56-74-86(82(85)70-46-24-23-45-69(70)81-67-43-21-19-29-57(67)51-58-30-20-22-44-68(58)81)94-80-55-66(90(61-35-11-3-12-36-61)62-37-13-4-14-38-62)53-78-84(80)88(74)72-48-26-28-50-76(72)92(78)64-41-17-6-18-42-64/h1-56H. The molecule has 0 bridgehead atoms. The fraction of sp³-hybridized carbons (Fsp3) is 0. The second-order valence-electron chi connectivity index (χ2n) is 24.6. The fourth-order valence-electron chi connectivity index (χ4n) is 15.6. The number of hydrogen-bond acceptors (Lipinski definition) is 5. The monoisotopic (exact) mass is 1280 g/mol. The van der Waals surface area contributed by atoms with Crippen molar-refractivity contribution in [1.29, 1.82) is 0 Å².